The van der Waals surface area contributed by atoms with Gasteiger partial charge >= 0.3 is 0 Å². The lowest BCUT2D eigenvalue weighted by Gasteiger charge is -2.37. The second-order valence-electron chi connectivity index (χ2n) is 5.80. The molecule has 1 aliphatic rings. The Balaban J connectivity index is 2.26. The van der Waals surface area contributed by atoms with E-state index in [2.05, 4.69) is 0 Å². The molecule has 0 saturated carbocycles. The van der Waals surface area contributed by atoms with E-state index < -0.39 is 15.6 Å². The standard InChI is InChI=1S/C14H22N2O3S/c1-11(15)12-4-6-13(7-5-12)20(17,18)16-8-9-19-14(2,3)10-16/h4-7,11H,8-10,15H2,1-3H3. The van der Waals surface area contributed by atoms with Crippen LogP contribution in [0.3, 0.4) is 0 Å². The second-order valence-corrected chi connectivity index (χ2v) is 7.74. The van der Waals surface area contributed by atoms with Gasteiger partial charge in [-0.25, -0.2) is 8.42 Å². The molecule has 1 atom stereocenters. The third kappa shape index (κ3) is 3.20. The third-order valence-corrected chi connectivity index (χ3v) is 5.29. The Labute approximate surface area is 120 Å². The molecule has 6 heteroatoms. The van der Waals surface area contributed by atoms with Crippen LogP contribution in [-0.4, -0.2) is 38.0 Å². The molecular formula is C14H22N2O3S. The van der Waals surface area contributed by atoms with Crippen molar-refractivity contribution in [2.45, 2.75) is 37.3 Å². The SMILES string of the molecule is CC(N)c1ccc(S(=O)(=O)N2CCOC(C)(C)C2)cc1. The van der Waals surface area contributed by atoms with Gasteiger partial charge in [-0.3, -0.25) is 0 Å². The molecule has 5 nitrogen and oxygen atoms in total. The highest BCUT2D eigenvalue weighted by Gasteiger charge is 2.34. The number of sulfonamides is 1. The Morgan fingerprint density at radius 3 is 2.40 bits per heavy atom. The van der Waals surface area contributed by atoms with Gasteiger partial charge in [0.1, 0.15) is 0 Å². The van der Waals surface area contributed by atoms with Gasteiger partial charge in [0.05, 0.1) is 17.1 Å². The highest BCUT2D eigenvalue weighted by atomic mass is 32.2. The minimum atomic E-state index is -3.46. The first-order valence-corrected chi connectivity index (χ1v) is 8.16. The van der Waals surface area contributed by atoms with Gasteiger partial charge in [0.2, 0.25) is 10.0 Å². The number of benzene rings is 1. The number of hydrogen-bond donors (Lipinski definition) is 1. The van der Waals surface area contributed by atoms with Crippen LogP contribution >= 0.6 is 0 Å². The fourth-order valence-corrected chi connectivity index (χ4v) is 3.84. The van der Waals surface area contributed by atoms with Crippen LogP contribution in [0, 0.1) is 0 Å². The van der Waals surface area contributed by atoms with E-state index in [-0.39, 0.29) is 6.04 Å². The summed E-state index contributed by atoms with van der Waals surface area (Å²) >= 11 is 0. The van der Waals surface area contributed by atoms with Gasteiger partial charge in [0, 0.05) is 19.1 Å². The lowest BCUT2D eigenvalue weighted by Crippen LogP contribution is -2.50. The van der Waals surface area contributed by atoms with Gasteiger partial charge in [-0.15, -0.1) is 0 Å². The van der Waals surface area contributed by atoms with Gasteiger partial charge < -0.3 is 10.5 Å². The number of ether oxygens (including phenoxy) is 1. The maximum absolute atomic E-state index is 12.6. The van der Waals surface area contributed by atoms with E-state index >= 15 is 0 Å². The number of morpholine rings is 1. The van der Waals surface area contributed by atoms with Crippen molar-refractivity contribution in [3.05, 3.63) is 29.8 Å². The molecule has 2 rings (SSSR count). The van der Waals surface area contributed by atoms with Gasteiger partial charge in [0.15, 0.2) is 0 Å². The summed E-state index contributed by atoms with van der Waals surface area (Å²) in [5, 5.41) is 0. The van der Waals surface area contributed by atoms with Crippen molar-refractivity contribution in [2.75, 3.05) is 19.7 Å². The second kappa shape index (κ2) is 5.44. The van der Waals surface area contributed by atoms with E-state index in [0.29, 0.717) is 24.6 Å². The van der Waals surface area contributed by atoms with Crippen LogP contribution in [0.2, 0.25) is 0 Å². The number of nitrogens with zero attached hydrogens (tertiary/aromatic N) is 1. The Bertz CT molecular complexity index is 565. The smallest absolute Gasteiger partial charge is 0.243 e. The summed E-state index contributed by atoms with van der Waals surface area (Å²) in [6.45, 7) is 6.84. The van der Waals surface area contributed by atoms with Crippen LogP contribution < -0.4 is 5.73 Å². The number of hydrogen-bond acceptors (Lipinski definition) is 4. The molecule has 1 aliphatic heterocycles. The van der Waals surface area contributed by atoms with Crippen LogP contribution in [0.4, 0.5) is 0 Å². The summed E-state index contributed by atoms with van der Waals surface area (Å²) in [5.41, 5.74) is 6.25. The lowest BCUT2D eigenvalue weighted by atomic mass is 10.1. The molecular weight excluding hydrogens is 276 g/mol. The molecule has 0 amide bonds. The van der Waals surface area contributed by atoms with Crippen LogP contribution in [0.5, 0.6) is 0 Å². The minimum Gasteiger partial charge on any atom is -0.373 e. The predicted octanol–water partition coefficient (Wildman–Crippen LogP) is 1.51. The first-order valence-electron chi connectivity index (χ1n) is 6.72. The molecule has 112 valence electrons. The van der Waals surface area contributed by atoms with Gasteiger partial charge in [-0.05, 0) is 38.5 Å². The summed E-state index contributed by atoms with van der Waals surface area (Å²) in [4.78, 5) is 0.305. The molecule has 1 unspecified atom stereocenters. The van der Waals surface area contributed by atoms with E-state index in [1.165, 1.54) is 4.31 Å². The molecule has 20 heavy (non-hydrogen) atoms. The molecule has 2 N–H and O–H groups in total. The zero-order valence-electron chi connectivity index (χ0n) is 12.2. The number of nitrogens with two attached hydrogens (primary N) is 1. The van der Waals surface area contributed by atoms with Crippen molar-refractivity contribution in [1.82, 2.24) is 4.31 Å². The fraction of sp³-hybridized carbons (Fsp3) is 0.571. The summed E-state index contributed by atoms with van der Waals surface area (Å²) in [7, 11) is -3.46. The molecule has 1 heterocycles. The van der Waals surface area contributed by atoms with Crippen LogP contribution in [0.15, 0.2) is 29.2 Å². The maximum Gasteiger partial charge on any atom is 0.243 e. The van der Waals surface area contributed by atoms with Crippen molar-refractivity contribution in [1.29, 1.82) is 0 Å². The maximum atomic E-state index is 12.6. The quantitative estimate of drug-likeness (QED) is 0.918. The molecule has 0 aromatic heterocycles. The summed E-state index contributed by atoms with van der Waals surface area (Å²) in [6.07, 6.45) is 0. The largest absolute Gasteiger partial charge is 0.373 e. The minimum absolute atomic E-state index is 0.103. The Morgan fingerprint density at radius 1 is 1.30 bits per heavy atom. The van der Waals surface area contributed by atoms with E-state index in [1.807, 2.05) is 20.8 Å². The van der Waals surface area contributed by atoms with E-state index in [1.54, 1.807) is 24.3 Å². The Kier molecular flexibility index (Phi) is 4.20. The van der Waals surface area contributed by atoms with Crippen molar-refractivity contribution in [2.24, 2.45) is 5.73 Å². The van der Waals surface area contributed by atoms with Crippen molar-refractivity contribution in [3.8, 4) is 0 Å². The zero-order chi connectivity index (χ0) is 15.0. The van der Waals surface area contributed by atoms with Crippen molar-refractivity contribution < 1.29 is 13.2 Å². The topological polar surface area (TPSA) is 72.6 Å². The molecule has 1 aromatic rings. The molecule has 1 aromatic carbocycles. The Morgan fingerprint density at radius 2 is 1.90 bits per heavy atom. The molecule has 1 saturated heterocycles. The third-order valence-electron chi connectivity index (χ3n) is 3.43. The van der Waals surface area contributed by atoms with E-state index in [0.717, 1.165) is 5.56 Å². The Hall–Kier alpha value is -0.950. The monoisotopic (exact) mass is 298 g/mol. The summed E-state index contributed by atoms with van der Waals surface area (Å²) in [5.74, 6) is 0. The van der Waals surface area contributed by atoms with Crippen LogP contribution in [-0.2, 0) is 14.8 Å². The van der Waals surface area contributed by atoms with Crippen molar-refractivity contribution >= 4 is 10.0 Å². The molecule has 0 radical (unpaired) electrons. The van der Waals surface area contributed by atoms with Gasteiger partial charge in [-0.1, -0.05) is 12.1 Å². The summed E-state index contributed by atoms with van der Waals surface area (Å²) < 4.78 is 32.2. The molecule has 0 bridgehead atoms. The van der Waals surface area contributed by atoms with E-state index in [9.17, 15) is 8.42 Å². The highest BCUT2D eigenvalue weighted by molar-refractivity contribution is 7.89. The van der Waals surface area contributed by atoms with Crippen molar-refractivity contribution in [3.63, 3.8) is 0 Å². The fourth-order valence-electron chi connectivity index (χ4n) is 2.27. The number of rotatable bonds is 3. The average Bonchev–Trinajstić information content (AvgIpc) is 2.37. The first kappa shape index (κ1) is 15.4. The lowest BCUT2D eigenvalue weighted by molar-refractivity contribution is -0.0640. The van der Waals surface area contributed by atoms with Crippen LogP contribution in [0.1, 0.15) is 32.4 Å². The molecule has 0 spiro atoms. The highest BCUT2D eigenvalue weighted by Crippen LogP contribution is 2.24. The first-order chi connectivity index (χ1) is 9.22. The molecule has 1 fully saturated rings. The predicted molar refractivity (Wildman–Crippen MR) is 77.8 cm³/mol. The van der Waals surface area contributed by atoms with Gasteiger partial charge in [0.25, 0.3) is 0 Å². The van der Waals surface area contributed by atoms with Crippen LogP contribution in [0.25, 0.3) is 0 Å². The van der Waals surface area contributed by atoms with Gasteiger partial charge in [-0.2, -0.15) is 4.31 Å². The molecule has 0 aliphatic carbocycles. The summed E-state index contributed by atoms with van der Waals surface area (Å²) in [6, 6.07) is 6.67. The zero-order valence-corrected chi connectivity index (χ0v) is 13.0. The average molecular weight is 298 g/mol. The van der Waals surface area contributed by atoms with E-state index in [4.69, 9.17) is 10.5 Å². The normalized spacial score (nSPS) is 21.6.